The molecule has 4 rings (SSSR count). The maximum Gasteiger partial charge on any atom is 0.230 e. The van der Waals surface area contributed by atoms with Crippen molar-refractivity contribution in [3.63, 3.8) is 0 Å². The van der Waals surface area contributed by atoms with E-state index in [1.807, 2.05) is 30.5 Å². The number of fused-ring (bicyclic) bond motifs is 1. The first kappa shape index (κ1) is 19.0. The fourth-order valence-electron chi connectivity index (χ4n) is 3.58. The fourth-order valence-corrected chi connectivity index (χ4v) is 4.30. The average Bonchev–Trinajstić information content (AvgIpc) is 3.12. The summed E-state index contributed by atoms with van der Waals surface area (Å²) in [7, 11) is 0. The van der Waals surface area contributed by atoms with E-state index in [2.05, 4.69) is 33.2 Å². The molecule has 1 aliphatic heterocycles. The number of amides is 1. The summed E-state index contributed by atoms with van der Waals surface area (Å²) >= 11 is 1.47. The van der Waals surface area contributed by atoms with Crippen molar-refractivity contribution >= 4 is 33.3 Å². The highest BCUT2D eigenvalue weighted by molar-refractivity contribution is 7.13. The number of aryl methyl sites for hydroxylation is 2. The zero-order valence-electron chi connectivity index (χ0n) is 16.2. The average molecular weight is 397 g/mol. The molecule has 146 valence electrons. The van der Waals surface area contributed by atoms with E-state index in [0.717, 1.165) is 66.3 Å². The standard InChI is InChI=1S/C21H24N4O2S/c1-14-17-5-3-4-6-19(17)22-15(2)18(14)11-20(26)24-21-23-16(13-28-21)12-25-7-9-27-10-8-25/h3-6,13H,7-12H2,1-2H3,(H,23,24,26). The van der Waals surface area contributed by atoms with Gasteiger partial charge < -0.3 is 10.1 Å². The van der Waals surface area contributed by atoms with Crippen LogP contribution in [0.25, 0.3) is 10.9 Å². The Bertz CT molecular complexity index is 995. The van der Waals surface area contributed by atoms with Gasteiger partial charge in [0.15, 0.2) is 5.13 Å². The first-order valence-electron chi connectivity index (χ1n) is 9.49. The Morgan fingerprint density at radius 3 is 2.82 bits per heavy atom. The van der Waals surface area contributed by atoms with Gasteiger partial charge >= 0.3 is 0 Å². The number of benzene rings is 1. The van der Waals surface area contributed by atoms with Crippen LogP contribution in [0.2, 0.25) is 0 Å². The minimum Gasteiger partial charge on any atom is -0.379 e. The van der Waals surface area contributed by atoms with Crippen LogP contribution < -0.4 is 5.32 Å². The van der Waals surface area contributed by atoms with Crippen LogP contribution >= 0.6 is 11.3 Å². The second-order valence-electron chi connectivity index (χ2n) is 7.08. The van der Waals surface area contributed by atoms with Crippen LogP contribution in [-0.4, -0.2) is 47.1 Å². The zero-order valence-corrected chi connectivity index (χ0v) is 17.0. The van der Waals surface area contributed by atoms with E-state index >= 15 is 0 Å². The Hall–Kier alpha value is -2.35. The van der Waals surface area contributed by atoms with Gasteiger partial charge in [0.25, 0.3) is 0 Å². The van der Waals surface area contributed by atoms with Crippen LogP contribution in [-0.2, 0) is 22.5 Å². The van der Waals surface area contributed by atoms with Gasteiger partial charge in [-0.1, -0.05) is 18.2 Å². The highest BCUT2D eigenvalue weighted by atomic mass is 32.1. The third-order valence-electron chi connectivity index (χ3n) is 5.11. The van der Waals surface area contributed by atoms with E-state index in [1.54, 1.807) is 0 Å². The fraction of sp³-hybridized carbons (Fsp3) is 0.381. The molecule has 1 fully saturated rings. The molecule has 0 aliphatic carbocycles. The molecule has 0 radical (unpaired) electrons. The smallest absolute Gasteiger partial charge is 0.230 e. The van der Waals surface area contributed by atoms with Crippen molar-refractivity contribution in [2.24, 2.45) is 0 Å². The second kappa shape index (κ2) is 8.34. The number of aromatic nitrogens is 2. The van der Waals surface area contributed by atoms with Gasteiger partial charge in [0.1, 0.15) is 0 Å². The number of thiazole rings is 1. The van der Waals surface area contributed by atoms with Gasteiger partial charge in [-0.3, -0.25) is 14.7 Å². The first-order valence-corrected chi connectivity index (χ1v) is 10.4. The number of ether oxygens (including phenoxy) is 1. The Labute approximate surface area is 168 Å². The molecular formula is C21H24N4O2S. The SMILES string of the molecule is Cc1nc2ccccc2c(C)c1CC(=O)Nc1nc(CN2CCOCC2)cs1. The summed E-state index contributed by atoms with van der Waals surface area (Å²) < 4.78 is 5.38. The minimum absolute atomic E-state index is 0.0597. The molecule has 28 heavy (non-hydrogen) atoms. The molecule has 1 amide bonds. The molecule has 6 nitrogen and oxygen atoms in total. The zero-order chi connectivity index (χ0) is 19.5. The summed E-state index contributed by atoms with van der Waals surface area (Å²) in [6, 6.07) is 8.04. The molecule has 2 aromatic heterocycles. The van der Waals surface area contributed by atoms with Gasteiger partial charge in [-0.25, -0.2) is 4.98 Å². The summed E-state index contributed by atoms with van der Waals surface area (Å²) in [6.07, 6.45) is 0.299. The van der Waals surface area contributed by atoms with E-state index in [9.17, 15) is 4.79 Å². The predicted molar refractivity (Wildman–Crippen MR) is 112 cm³/mol. The number of morpholine rings is 1. The van der Waals surface area contributed by atoms with Crippen LogP contribution in [0.15, 0.2) is 29.6 Å². The number of anilines is 1. The largest absolute Gasteiger partial charge is 0.379 e. The summed E-state index contributed by atoms with van der Waals surface area (Å²) in [5.41, 5.74) is 4.96. The van der Waals surface area contributed by atoms with Crippen molar-refractivity contribution in [1.82, 2.24) is 14.9 Å². The lowest BCUT2D eigenvalue weighted by Crippen LogP contribution is -2.35. The number of para-hydroxylation sites is 1. The maximum atomic E-state index is 12.6. The highest BCUT2D eigenvalue weighted by Gasteiger charge is 2.16. The van der Waals surface area contributed by atoms with Gasteiger partial charge in [0.2, 0.25) is 5.91 Å². The van der Waals surface area contributed by atoms with E-state index in [1.165, 1.54) is 11.3 Å². The van der Waals surface area contributed by atoms with E-state index < -0.39 is 0 Å². The molecule has 0 bridgehead atoms. The first-order chi connectivity index (χ1) is 13.6. The third kappa shape index (κ3) is 4.22. The van der Waals surface area contributed by atoms with Crippen molar-refractivity contribution in [1.29, 1.82) is 0 Å². The minimum atomic E-state index is -0.0597. The molecule has 1 saturated heterocycles. The number of hydrogen-bond acceptors (Lipinski definition) is 6. The second-order valence-corrected chi connectivity index (χ2v) is 7.93. The van der Waals surface area contributed by atoms with Gasteiger partial charge in [-0.05, 0) is 31.0 Å². The van der Waals surface area contributed by atoms with Gasteiger partial charge in [0.05, 0.1) is 30.8 Å². The van der Waals surface area contributed by atoms with Crippen LogP contribution in [0.3, 0.4) is 0 Å². The Morgan fingerprint density at radius 2 is 2.00 bits per heavy atom. The van der Waals surface area contributed by atoms with Gasteiger partial charge in [0, 0.05) is 36.1 Å². The molecular weight excluding hydrogens is 372 g/mol. The van der Waals surface area contributed by atoms with E-state index in [-0.39, 0.29) is 5.91 Å². The molecule has 0 unspecified atom stereocenters. The number of carbonyl (C=O) groups is 1. The van der Waals surface area contributed by atoms with Crippen molar-refractivity contribution < 1.29 is 9.53 Å². The van der Waals surface area contributed by atoms with Gasteiger partial charge in [-0.2, -0.15) is 0 Å². The highest BCUT2D eigenvalue weighted by Crippen LogP contribution is 2.24. The summed E-state index contributed by atoms with van der Waals surface area (Å²) in [5.74, 6) is -0.0597. The summed E-state index contributed by atoms with van der Waals surface area (Å²) in [5, 5.41) is 6.71. The molecule has 1 aromatic carbocycles. The Kier molecular flexibility index (Phi) is 5.66. The van der Waals surface area contributed by atoms with Crippen molar-refractivity contribution in [3.8, 4) is 0 Å². The molecule has 1 N–H and O–H groups in total. The number of hydrogen-bond donors (Lipinski definition) is 1. The van der Waals surface area contributed by atoms with Crippen LogP contribution in [0.4, 0.5) is 5.13 Å². The number of nitrogens with zero attached hydrogens (tertiary/aromatic N) is 3. The molecule has 0 saturated carbocycles. The van der Waals surface area contributed by atoms with Crippen LogP contribution in [0, 0.1) is 13.8 Å². The summed E-state index contributed by atoms with van der Waals surface area (Å²) in [4.78, 5) is 24.2. The molecule has 0 atom stereocenters. The lowest BCUT2D eigenvalue weighted by molar-refractivity contribution is -0.115. The van der Waals surface area contributed by atoms with E-state index in [4.69, 9.17) is 4.74 Å². The Morgan fingerprint density at radius 1 is 1.21 bits per heavy atom. The topological polar surface area (TPSA) is 67.4 Å². The molecule has 7 heteroatoms. The third-order valence-corrected chi connectivity index (χ3v) is 5.92. The van der Waals surface area contributed by atoms with E-state index in [0.29, 0.717) is 11.6 Å². The monoisotopic (exact) mass is 396 g/mol. The number of pyridine rings is 1. The lowest BCUT2D eigenvalue weighted by Gasteiger charge is -2.25. The van der Waals surface area contributed by atoms with Crippen LogP contribution in [0.1, 0.15) is 22.5 Å². The lowest BCUT2D eigenvalue weighted by atomic mass is 9.99. The molecule has 3 heterocycles. The van der Waals surface area contributed by atoms with Crippen molar-refractivity contribution in [3.05, 3.63) is 52.2 Å². The number of nitrogens with one attached hydrogen (secondary N) is 1. The van der Waals surface area contributed by atoms with Crippen LogP contribution in [0.5, 0.6) is 0 Å². The molecule has 3 aromatic rings. The predicted octanol–water partition coefficient (Wildman–Crippen LogP) is 3.32. The van der Waals surface area contributed by atoms with Gasteiger partial charge in [-0.15, -0.1) is 11.3 Å². The normalized spacial score (nSPS) is 15.1. The summed E-state index contributed by atoms with van der Waals surface area (Å²) in [6.45, 7) is 8.20. The number of rotatable bonds is 5. The maximum absolute atomic E-state index is 12.6. The van der Waals surface area contributed by atoms with Crippen molar-refractivity contribution in [2.75, 3.05) is 31.6 Å². The Balaban J connectivity index is 1.43. The molecule has 0 spiro atoms. The quantitative estimate of drug-likeness (QED) is 0.717. The van der Waals surface area contributed by atoms with Crippen molar-refractivity contribution in [2.45, 2.75) is 26.8 Å². The number of carbonyl (C=O) groups excluding carboxylic acids is 1. The molecule has 1 aliphatic rings.